The molecule has 1 N–H and O–H groups in total. The summed E-state index contributed by atoms with van der Waals surface area (Å²) in [5.41, 5.74) is 0. The van der Waals surface area contributed by atoms with Crippen molar-refractivity contribution in [2.75, 3.05) is 0 Å². The van der Waals surface area contributed by atoms with E-state index in [2.05, 4.69) is 24.0 Å². The fourth-order valence-corrected chi connectivity index (χ4v) is 1.81. The number of hydrogen-bond donors (Lipinski definition) is 1. The van der Waals surface area contributed by atoms with Crippen LogP contribution in [0.1, 0.15) is 25.4 Å². The summed E-state index contributed by atoms with van der Waals surface area (Å²) >= 11 is 5.20. The first-order chi connectivity index (χ1) is 7.66. The zero-order valence-corrected chi connectivity index (χ0v) is 10.3. The first-order valence-electron chi connectivity index (χ1n) is 5.33. The minimum atomic E-state index is 0.556. The summed E-state index contributed by atoms with van der Waals surface area (Å²) in [6.45, 7) is 4.97. The molecule has 2 rings (SSSR count). The second-order valence-electron chi connectivity index (χ2n) is 4.21. The van der Waals surface area contributed by atoms with Crippen LogP contribution >= 0.6 is 12.2 Å². The first-order valence-corrected chi connectivity index (χ1v) is 5.74. The molecule has 86 valence electrons. The number of aromatic nitrogens is 3. The molecule has 2 aromatic rings. The molecule has 0 saturated carbocycles. The highest BCUT2D eigenvalue weighted by atomic mass is 32.1. The van der Waals surface area contributed by atoms with E-state index >= 15 is 0 Å². The van der Waals surface area contributed by atoms with E-state index in [4.69, 9.17) is 16.6 Å². The van der Waals surface area contributed by atoms with Crippen molar-refractivity contribution in [2.45, 2.75) is 26.8 Å². The Hall–Kier alpha value is -1.36. The Kier molecular flexibility index (Phi) is 3.24. The van der Waals surface area contributed by atoms with Gasteiger partial charge in [0.2, 0.25) is 0 Å². The molecule has 0 aliphatic carbocycles. The van der Waals surface area contributed by atoms with Crippen molar-refractivity contribution in [1.82, 2.24) is 14.8 Å². The second kappa shape index (κ2) is 4.65. The summed E-state index contributed by atoms with van der Waals surface area (Å²) in [5, 5.41) is 7.07. The van der Waals surface area contributed by atoms with E-state index in [1.54, 1.807) is 6.26 Å². The number of furan rings is 1. The number of nitrogens with one attached hydrogen (secondary N) is 1. The van der Waals surface area contributed by atoms with Gasteiger partial charge in [0.25, 0.3) is 0 Å². The predicted octanol–water partition coefficient (Wildman–Crippen LogP) is 2.78. The third-order valence-electron chi connectivity index (χ3n) is 2.32. The molecule has 5 heteroatoms. The van der Waals surface area contributed by atoms with E-state index in [1.165, 1.54) is 0 Å². The van der Waals surface area contributed by atoms with Gasteiger partial charge in [-0.05, 0) is 30.3 Å². The Labute approximate surface area is 99.3 Å². The Morgan fingerprint density at radius 2 is 2.38 bits per heavy atom. The lowest BCUT2D eigenvalue weighted by Crippen LogP contribution is -2.07. The molecule has 0 unspecified atom stereocenters. The maximum absolute atomic E-state index is 5.31. The van der Waals surface area contributed by atoms with Gasteiger partial charge in [-0.15, -0.1) is 0 Å². The summed E-state index contributed by atoms with van der Waals surface area (Å²) < 4.78 is 7.94. The van der Waals surface area contributed by atoms with Crippen LogP contribution in [-0.2, 0) is 13.0 Å². The van der Waals surface area contributed by atoms with Crippen molar-refractivity contribution >= 4 is 12.2 Å². The molecule has 0 atom stereocenters. The predicted molar refractivity (Wildman–Crippen MR) is 63.8 cm³/mol. The number of nitrogens with zero attached hydrogens (tertiary/aromatic N) is 2. The van der Waals surface area contributed by atoms with Gasteiger partial charge in [0.1, 0.15) is 11.6 Å². The van der Waals surface area contributed by atoms with Crippen LogP contribution < -0.4 is 0 Å². The molecule has 2 aromatic heterocycles. The SMILES string of the molecule is CC(C)Cc1n[nH]c(=S)n1Cc1ccco1. The van der Waals surface area contributed by atoms with Crippen LogP contribution in [0, 0.1) is 10.7 Å². The molecule has 0 aliphatic rings. The van der Waals surface area contributed by atoms with E-state index in [9.17, 15) is 0 Å². The third-order valence-corrected chi connectivity index (χ3v) is 2.63. The van der Waals surface area contributed by atoms with Gasteiger partial charge in [0.05, 0.1) is 12.8 Å². The largest absolute Gasteiger partial charge is 0.467 e. The third kappa shape index (κ3) is 2.41. The molecule has 4 nitrogen and oxygen atoms in total. The van der Waals surface area contributed by atoms with Gasteiger partial charge in [-0.25, -0.2) is 0 Å². The molecule has 0 bridgehead atoms. The van der Waals surface area contributed by atoms with Gasteiger partial charge < -0.3 is 4.42 Å². The Balaban J connectivity index is 2.25. The van der Waals surface area contributed by atoms with Crippen molar-refractivity contribution in [2.24, 2.45) is 5.92 Å². The molecule has 16 heavy (non-hydrogen) atoms. The molecular formula is C11H15N3OS. The summed E-state index contributed by atoms with van der Waals surface area (Å²) in [7, 11) is 0. The molecule has 0 fully saturated rings. The Bertz CT molecular complexity index is 496. The van der Waals surface area contributed by atoms with Gasteiger partial charge in [-0.1, -0.05) is 13.8 Å². The van der Waals surface area contributed by atoms with Gasteiger partial charge >= 0.3 is 0 Å². The molecule has 0 aromatic carbocycles. The van der Waals surface area contributed by atoms with Crippen LogP contribution in [0.3, 0.4) is 0 Å². The number of hydrogen-bond acceptors (Lipinski definition) is 3. The van der Waals surface area contributed by atoms with Crippen LogP contribution in [0.4, 0.5) is 0 Å². The second-order valence-corrected chi connectivity index (χ2v) is 4.60. The molecule has 0 saturated heterocycles. The van der Waals surface area contributed by atoms with Crippen LogP contribution in [0.2, 0.25) is 0 Å². The zero-order chi connectivity index (χ0) is 11.5. The van der Waals surface area contributed by atoms with Gasteiger partial charge in [-0.3, -0.25) is 9.67 Å². The fourth-order valence-electron chi connectivity index (χ4n) is 1.59. The van der Waals surface area contributed by atoms with E-state index in [0.717, 1.165) is 18.0 Å². The lowest BCUT2D eigenvalue weighted by Gasteiger charge is -2.06. The van der Waals surface area contributed by atoms with Crippen LogP contribution in [-0.4, -0.2) is 14.8 Å². The fraction of sp³-hybridized carbons (Fsp3) is 0.455. The van der Waals surface area contributed by atoms with Crippen LogP contribution in [0.25, 0.3) is 0 Å². The molecular weight excluding hydrogens is 222 g/mol. The molecule has 0 radical (unpaired) electrons. The van der Waals surface area contributed by atoms with E-state index in [0.29, 0.717) is 17.2 Å². The highest BCUT2D eigenvalue weighted by Crippen LogP contribution is 2.10. The highest BCUT2D eigenvalue weighted by molar-refractivity contribution is 7.71. The van der Waals surface area contributed by atoms with E-state index < -0.39 is 0 Å². The molecule has 0 aliphatic heterocycles. The lowest BCUT2D eigenvalue weighted by molar-refractivity contribution is 0.481. The van der Waals surface area contributed by atoms with Gasteiger partial charge in [0.15, 0.2) is 4.77 Å². The average Bonchev–Trinajstić information content (AvgIpc) is 2.82. The average molecular weight is 237 g/mol. The topological polar surface area (TPSA) is 46.8 Å². The summed E-state index contributed by atoms with van der Waals surface area (Å²) in [6, 6.07) is 3.81. The zero-order valence-electron chi connectivity index (χ0n) is 9.43. The normalized spacial score (nSPS) is 11.2. The highest BCUT2D eigenvalue weighted by Gasteiger charge is 2.09. The van der Waals surface area contributed by atoms with Crippen molar-refractivity contribution in [3.05, 3.63) is 34.8 Å². The molecule has 0 spiro atoms. The lowest BCUT2D eigenvalue weighted by atomic mass is 10.1. The number of H-pyrrole nitrogens is 1. The minimum Gasteiger partial charge on any atom is -0.467 e. The van der Waals surface area contributed by atoms with Crippen molar-refractivity contribution in [1.29, 1.82) is 0 Å². The van der Waals surface area contributed by atoms with Crippen molar-refractivity contribution in [3.8, 4) is 0 Å². The molecule has 0 amide bonds. The Morgan fingerprint density at radius 1 is 1.56 bits per heavy atom. The summed E-state index contributed by atoms with van der Waals surface area (Å²) in [4.78, 5) is 0. The van der Waals surface area contributed by atoms with E-state index in [-0.39, 0.29) is 0 Å². The Morgan fingerprint density at radius 3 is 3.00 bits per heavy atom. The first kappa shape index (κ1) is 11.1. The van der Waals surface area contributed by atoms with Crippen LogP contribution in [0.5, 0.6) is 0 Å². The number of rotatable bonds is 4. The van der Waals surface area contributed by atoms with E-state index in [1.807, 2.05) is 16.7 Å². The summed E-state index contributed by atoms with van der Waals surface area (Å²) in [6.07, 6.45) is 2.58. The molecule has 2 heterocycles. The maximum atomic E-state index is 5.31. The van der Waals surface area contributed by atoms with Crippen molar-refractivity contribution in [3.63, 3.8) is 0 Å². The summed E-state index contributed by atoms with van der Waals surface area (Å²) in [5.74, 6) is 2.43. The monoisotopic (exact) mass is 237 g/mol. The van der Waals surface area contributed by atoms with Gasteiger partial charge in [0, 0.05) is 6.42 Å². The quantitative estimate of drug-likeness (QED) is 0.832. The van der Waals surface area contributed by atoms with Crippen LogP contribution in [0.15, 0.2) is 22.8 Å². The smallest absolute Gasteiger partial charge is 0.195 e. The van der Waals surface area contributed by atoms with Crippen molar-refractivity contribution < 1.29 is 4.42 Å². The van der Waals surface area contributed by atoms with Gasteiger partial charge in [-0.2, -0.15) is 5.10 Å². The minimum absolute atomic E-state index is 0.556. The maximum Gasteiger partial charge on any atom is 0.195 e. The standard InChI is InChI=1S/C11H15N3OS/c1-8(2)6-10-12-13-11(16)14(10)7-9-4-3-5-15-9/h3-5,8H,6-7H2,1-2H3,(H,13,16). The number of aromatic amines is 1.